The van der Waals surface area contributed by atoms with E-state index in [1.165, 1.54) is 49.4 Å². The van der Waals surface area contributed by atoms with Gasteiger partial charge in [0.2, 0.25) is 0 Å². The molecule has 5 rings (SSSR count). The van der Waals surface area contributed by atoms with Crippen LogP contribution in [0.4, 0.5) is 0 Å². The predicted octanol–water partition coefficient (Wildman–Crippen LogP) is 8.82. The SMILES string of the molecule is CCCC1=Cc2c(-c3cccc4c3ccc3ccccc34)cccc2[CH]1[Zr]([Cl])[Cl]. The van der Waals surface area contributed by atoms with Crippen molar-refractivity contribution >= 4 is 44.6 Å². The molecular formula is C26H21Cl2Zr. The fourth-order valence-electron chi connectivity index (χ4n) is 4.74. The van der Waals surface area contributed by atoms with Crippen LogP contribution < -0.4 is 0 Å². The summed E-state index contributed by atoms with van der Waals surface area (Å²) in [6.45, 7) is 2.23. The number of benzene rings is 4. The second-order valence-electron chi connectivity index (χ2n) is 7.69. The van der Waals surface area contributed by atoms with Gasteiger partial charge in [0.25, 0.3) is 0 Å². The summed E-state index contributed by atoms with van der Waals surface area (Å²) in [7, 11) is 13.2. The maximum atomic E-state index is 6.62. The van der Waals surface area contributed by atoms with Gasteiger partial charge in [0.05, 0.1) is 0 Å². The molecule has 0 spiro atoms. The Morgan fingerprint density at radius 1 is 0.759 bits per heavy atom. The molecule has 0 amide bonds. The molecule has 1 aliphatic carbocycles. The summed E-state index contributed by atoms with van der Waals surface area (Å²) in [6.07, 6.45) is 4.57. The molecule has 0 aliphatic heterocycles. The first kappa shape index (κ1) is 19.6. The Morgan fingerprint density at radius 3 is 2.34 bits per heavy atom. The Morgan fingerprint density at radius 2 is 1.52 bits per heavy atom. The zero-order valence-corrected chi connectivity index (χ0v) is 20.2. The molecule has 143 valence electrons. The summed E-state index contributed by atoms with van der Waals surface area (Å²) in [4.78, 5) is 0. The fourth-order valence-corrected chi connectivity index (χ4v) is 10.2. The number of fused-ring (bicyclic) bond motifs is 4. The van der Waals surface area contributed by atoms with Gasteiger partial charge >= 0.3 is 188 Å². The van der Waals surface area contributed by atoms with E-state index in [2.05, 4.69) is 85.8 Å². The van der Waals surface area contributed by atoms with Crippen LogP contribution in [0.3, 0.4) is 0 Å². The first-order valence-electron chi connectivity index (χ1n) is 10.1. The van der Waals surface area contributed by atoms with Crippen LogP contribution in [0.5, 0.6) is 0 Å². The molecule has 4 aromatic rings. The van der Waals surface area contributed by atoms with Gasteiger partial charge < -0.3 is 0 Å². The third-order valence-electron chi connectivity index (χ3n) is 5.99. The summed E-state index contributed by atoms with van der Waals surface area (Å²) >= 11 is -2.47. The molecule has 0 N–H and O–H groups in total. The molecule has 0 aromatic heterocycles. The number of allylic oxidation sites excluding steroid dienone is 1. The summed E-state index contributed by atoms with van der Waals surface area (Å²) in [5.74, 6) is 0. The van der Waals surface area contributed by atoms with E-state index in [0.29, 0.717) is 0 Å². The Hall–Kier alpha value is -1.40. The van der Waals surface area contributed by atoms with E-state index < -0.39 is 19.4 Å². The van der Waals surface area contributed by atoms with E-state index in [1.54, 1.807) is 0 Å². The first-order valence-corrected chi connectivity index (χ1v) is 17.9. The number of hydrogen-bond donors (Lipinski definition) is 0. The van der Waals surface area contributed by atoms with Gasteiger partial charge in [0, 0.05) is 0 Å². The van der Waals surface area contributed by atoms with E-state index >= 15 is 0 Å². The van der Waals surface area contributed by atoms with Crippen LogP contribution in [0.25, 0.3) is 38.7 Å². The summed E-state index contributed by atoms with van der Waals surface area (Å²) in [6, 6.07) is 26.4. The van der Waals surface area contributed by atoms with Crippen LogP contribution in [-0.4, -0.2) is 0 Å². The van der Waals surface area contributed by atoms with Gasteiger partial charge in [-0.15, -0.1) is 0 Å². The molecule has 1 atom stereocenters. The average molecular weight is 496 g/mol. The van der Waals surface area contributed by atoms with Crippen molar-refractivity contribution in [2.45, 2.75) is 23.4 Å². The van der Waals surface area contributed by atoms with Gasteiger partial charge in [0.15, 0.2) is 0 Å². The van der Waals surface area contributed by atoms with Crippen molar-refractivity contribution in [1.82, 2.24) is 0 Å². The minimum atomic E-state index is -2.47. The van der Waals surface area contributed by atoms with Crippen molar-refractivity contribution in [3.63, 3.8) is 0 Å². The summed E-state index contributed by atoms with van der Waals surface area (Å²) in [5.41, 5.74) is 6.66. The second kappa shape index (κ2) is 8.03. The number of hydrogen-bond acceptors (Lipinski definition) is 0. The van der Waals surface area contributed by atoms with E-state index in [-0.39, 0.29) is 3.63 Å². The van der Waals surface area contributed by atoms with Crippen LogP contribution in [0.1, 0.15) is 34.5 Å². The standard InChI is InChI=1S/C26H21.2ClH.Zr/c1-2-7-18-16-20-9-5-11-24(26(20)17-18)23-13-6-12-22-21-10-4-3-8-19(21)14-15-25(22)23;;;/h3-6,8-17H,2,7H2,1H3;2*1H;/q;;;+2/p-2. The van der Waals surface area contributed by atoms with Crippen molar-refractivity contribution in [2.75, 3.05) is 0 Å². The van der Waals surface area contributed by atoms with E-state index in [9.17, 15) is 0 Å². The van der Waals surface area contributed by atoms with Gasteiger partial charge in [0.1, 0.15) is 0 Å². The van der Waals surface area contributed by atoms with Gasteiger partial charge in [-0.05, 0) is 0 Å². The Balaban J connectivity index is 1.77. The molecule has 0 bridgehead atoms. The van der Waals surface area contributed by atoms with Crippen molar-refractivity contribution in [1.29, 1.82) is 0 Å². The molecule has 0 saturated carbocycles. The van der Waals surface area contributed by atoms with Crippen LogP contribution in [0.15, 0.2) is 78.4 Å². The number of halogens is 2. The average Bonchev–Trinajstić information content (AvgIpc) is 3.12. The van der Waals surface area contributed by atoms with Crippen molar-refractivity contribution in [2.24, 2.45) is 0 Å². The quantitative estimate of drug-likeness (QED) is 0.248. The van der Waals surface area contributed by atoms with Crippen LogP contribution in [0, 0.1) is 0 Å². The van der Waals surface area contributed by atoms with Crippen molar-refractivity contribution in [3.8, 4) is 11.1 Å². The topological polar surface area (TPSA) is 0 Å². The molecule has 0 heterocycles. The van der Waals surface area contributed by atoms with Crippen LogP contribution in [-0.2, 0) is 19.4 Å². The van der Waals surface area contributed by atoms with E-state index in [0.717, 1.165) is 12.8 Å². The van der Waals surface area contributed by atoms with Gasteiger partial charge in [-0.3, -0.25) is 0 Å². The molecule has 1 unspecified atom stereocenters. The molecule has 29 heavy (non-hydrogen) atoms. The Kier molecular flexibility index (Phi) is 5.42. The second-order valence-corrected chi connectivity index (χ2v) is 16.5. The first-order chi connectivity index (χ1) is 14.2. The Labute approximate surface area is 186 Å². The normalized spacial score (nSPS) is 15.6. The monoisotopic (exact) mass is 493 g/mol. The van der Waals surface area contributed by atoms with Gasteiger partial charge in [-0.1, -0.05) is 0 Å². The van der Waals surface area contributed by atoms with E-state index in [4.69, 9.17) is 17.0 Å². The molecule has 0 fully saturated rings. The summed E-state index contributed by atoms with van der Waals surface area (Å²) < 4.78 is 0.284. The van der Waals surface area contributed by atoms with Gasteiger partial charge in [-0.25, -0.2) is 0 Å². The Bertz CT molecular complexity index is 1260. The molecule has 4 aromatic carbocycles. The van der Waals surface area contributed by atoms with Crippen molar-refractivity contribution in [3.05, 3.63) is 89.5 Å². The maximum absolute atomic E-state index is 6.62. The van der Waals surface area contributed by atoms with E-state index in [1.807, 2.05) is 0 Å². The van der Waals surface area contributed by atoms with Crippen LogP contribution in [0.2, 0.25) is 0 Å². The molecular weight excluding hydrogens is 474 g/mol. The molecule has 0 radical (unpaired) electrons. The summed E-state index contributed by atoms with van der Waals surface area (Å²) in [5, 5.41) is 5.18. The third kappa shape index (κ3) is 3.32. The van der Waals surface area contributed by atoms with Gasteiger partial charge in [-0.2, -0.15) is 0 Å². The number of rotatable bonds is 4. The zero-order chi connectivity index (χ0) is 20.0. The molecule has 0 nitrogen and oxygen atoms in total. The molecule has 0 saturated heterocycles. The zero-order valence-electron chi connectivity index (χ0n) is 16.3. The van der Waals surface area contributed by atoms with Crippen molar-refractivity contribution < 1.29 is 19.4 Å². The molecule has 1 aliphatic rings. The third-order valence-corrected chi connectivity index (χ3v) is 11.3. The predicted molar refractivity (Wildman–Crippen MR) is 124 cm³/mol. The fraction of sp³-hybridized carbons (Fsp3) is 0.154. The minimum absolute atomic E-state index is 0.284. The van der Waals surface area contributed by atoms with Crippen LogP contribution >= 0.6 is 17.0 Å². The molecule has 3 heteroatoms.